The van der Waals surface area contributed by atoms with Crippen LogP contribution in [0.25, 0.3) is 0 Å². The van der Waals surface area contributed by atoms with Gasteiger partial charge in [0.25, 0.3) is 0 Å². The highest BCUT2D eigenvalue weighted by molar-refractivity contribution is 5.87. The van der Waals surface area contributed by atoms with E-state index in [0.717, 1.165) is 37.9 Å². The van der Waals surface area contributed by atoms with E-state index in [4.69, 9.17) is 9.84 Å². The van der Waals surface area contributed by atoms with Crippen LogP contribution in [0.3, 0.4) is 0 Å². The van der Waals surface area contributed by atoms with Gasteiger partial charge in [-0.3, -0.25) is 4.90 Å². The Morgan fingerprint density at radius 2 is 1.85 bits per heavy atom. The van der Waals surface area contributed by atoms with Crippen molar-refractivity contribution in [1.82, 2.24) is 9.80 Å². The zero-order valence-electron chi connectivity index (χ0n) is 16.9. The van der Waals surface area contributed by atoms with E-state index in [1.54, 1.807) is 12.1 Å². The summed E-state index contributed by atoms with van der Waals surface area (Å²) in [5.41, 5.74) is 0.905. The predicted octanol–water partition coefficient (Wildman–Crippen LogP) is 4.00. The molecule has 150 valence electrons. The standard InChI is InChI=1S/C21H32N2O4/c1-5-6-7-18-15-23(20(26)27-21(2,3)4)13-12-22(18)14-16-8-10-17(11-9-16)19(24)25/h8-11,18H,5-7,12-15H2,1-4H3,(H,24,25)/t18-/m1/s1. The number of nitrogens with zero attached hydrogens (tertiary/aromatic N) is 2. The van der Waals surface area contributed by atoms with E-state index in [0.29, 0.717) is 18.7 Å². The minimum atomic E-state index is -0.909. The van der Waals surface area contributed by atoms with E-state index in [1.165, 1.54) is 0 Å². The molecule has 0 bridgehead atoms. The third kappa shape index (κ3) is 6.54. The fourth-order valence-corrected chi connectivity index (χ4v) is 3.29. The summed E-state index contributed by atoms with van der Waals surface area (Å²) in [5.74, 6) is -0.909. The Kier molecular flexibility index (Phi) is 7.25. The quantitative estimate of drug-likeness (QED) is 0.813. The predicted molar refractivity (Wildman–Crippen MR) is 105 cm³/mol. The Labute approximate surface area is 162 Å². The molecular formula is C21H32N2O4. The molecule has 0 aromatic heterocycles. The minimum Gasteiger partial charge on any atom is -0.478 e. The van der Waals surface area contributed by atoms with Gasteiger partial charge in [0.15, 0.2) is 0 Å². The maximum atomic E-state index is 12.4. The summed E-state index contributed by atoms with van der Waals surface area (Å²) in [4.78, 5) is 27.7. The van der Waals surface area contributed by atoms with Crippen molar-refractivity contribution in [2.75, 3.05) is 19.6 Å². The van der Waals surface area contributed by atoms with E-state index >= 15 is 0 Å². The number of hydrogen-bond acceptors (Lipinski definition) is 4. The highest BCUT2D eigenvalue weighted by Gasteiger charge is 2.31. The summed E-state index contributed by atoms with van der Waals surface area (Å²) in [7, 11) is 0. The van der Waals surface area contributed by atoms with Crippen molar-refractivity contribution in [2.24, 2.45) is 0 Å². The first kappa shape index (κ1) is 21.2. The highest BCUT2D eigenvalue weighted by Crippen LogP contribution is 2.21. The lowest BCUT2D eigenvalue weighted by molar-refractivity contribution is 0.00103. The number of hydrogen-bond donors (Lipinski definition) is 1. The van der Waals surface area contributed by atoms with Gasteiger partial charge in [-0.2, -0.15) is 0 Å². The van der Waals surface area contributed by atoms with Crippen LogP contribution >= 0.6 is 0 Å². The van der Waals surface area contributed by atoms with Crippen molar-refractivity contribution >= 4 is 12.1 Å². The number of rotatable bonds is 6. The summed E-state index contributed by atoms with van der Waals surface area (Å²) < 4.78 is 5.53. The van der Waals surface area contributed by atoms with Gasteiger partial charge in [0.1, 0.15) is 5.60 Å². The van der Waals surface area contributed by atoms with Gasteiger partial charge < -0.3 is 14.7 Å². The first-order valence-electron chi connectivity index (χ1n) is 9.74. The average molecular weight is 376 g/mol. The van der Waals surface area contributed by atoms with E-state index in [-0.39, 0.29) is 12.1 Å². The second-order valence-corrected chi connectivity index (χ2v) is 8.19. The lowest BCUT2D eigenvalue weighted by Crippen LogP contribution is -2.55. The number of carboxylic acid groups (broad SMARTS) is 1. The Morgan fingerprint density at radius 1 is 1.19 bits per heavy atom. The molecule has 1 aromatic rings. The van der Waals surface area contributed by atoms with Crippen LogP contribution in [0.15, 0.2) is 24.3 Å². The SMILES string of the molecule is CCCC[C@@H]1CN(C(=O)OC(C)(C)C)CCN1Cc1ccc(C(=O)O)cc1. The number of amides is 1. The second kappa shape index (κ2) is 9.22. The van der Waals surface area contributed by atoms with Gasteiger partial charge in [-0.1, -0.05) is 31.9 Å². The number of unbranched alkanes of at least 4 members (excludes halogenated alkanes) is 1. The van der Waals surface area contributed by atoms with Crippen LogP contribution in [0.2, 0.25) is 0 Å². The number of ether oxygens (including phenoxy) is 1. The van der Waals surface area contributed by atoms with E-state index in [2.05, 4.69) is 11.8 Å². The van der Waals surface area contributed by atoms with Crippen molar-refractivity contribution in [2.45, 2.75) is 65.1 Å². The maximum Gasteiger partial charge on any atom is 0.410 e. The van der Waals surface area contributed by atoms with Crippen LogP contribution in [0.1, 0.15) is 62.9 Å². The third-order valence-corrected chi connectivity index (χ3v) is 4.73. The molecule has 1 amide bonds. The molecule has 0 unspecified atom stereocenters. The number of carbonyl (C=O) groups excluding carboxylic acids is 1. The third-order valence-electron chi connectivity index (χ3n) is 4.73. The summed E-state index contributed by atoms with van der Waals surface area (Å²) in [6.45, 7) is 10.7. The Bertz CT molecular complexity index is 637. The van der Waals surface area contributed by atoms with Gasteiger partial charge in [-0.15, -0.1) is 0 Å². The minimum absolute atomic E-state index is 0.241. The van der Waals surface area contributed by atoms with Crippen LogP contribution in [0, 0.1) is 0 Å². The molecule has 6 nitrogen and oxygen atoms in total. The molecule has 2 rings (SSSR count). The summed E-state index contributed by atoms with van der Waals surface area (Å²) in [6.07, 6.45) is 3.02. The fraction of sp³-hybridized carbons (Fsp3) is 0.619. The van der Waals surface area contributed by atoms with Crippen molar-refractivity contribution < 1.29 is 19.4 Å². The van der Waals surface area contributed by atoms with Crippen LogP contribution < -0.4 is 0 Å². The fourth-order valence-electron chi connectivity index (χ4n) is 3.29. The summed E-state index contributed by atoms with van der Waals surface area (Å²) >= 11 is 0. The molecule has 0 saturated carbocycles. The normalized spacial score (nSPS) is 18.4. The Balaban J connectivity index is 2.03. The number of carboxylic acids is 1. The van der Waals surface area contributed by atoms with Crippen LogP contribution in [0.5, 0.6) is 0 Å². The highest BCUT2D eigenvalue weighted by atomic mass is 16.6. The van der Waals surface area contributed by atoms with Crippen molar-refractivity contribution in [3.8, 4) is 0 Å². The van der Waals surface area contributed by atoms with Crippen molar-refractivity contribution in [1.29, 1.82) is 0 Å². The van der Waals surface area contributed by atoms with Crippen LogP contribution in [0.4, 0.5) is 4.79 Å². The molecule has 0 spiro atoms. The topological polar surface area (TPSA) is 70.1 Å². The molecule has 1 N–H and O–H groups in total. The number of aromatic carboxylic acids is 1. The molecule has 1 aliphatic heterocycles. The Morgan fingerprint density at radius 3 is 2.41 bits per heavy atom. The average Bonchev–Trinajstić information content (AvgIpc) is 2.59. The van der Waals surface area contributed by atoms with Gasteiger partial charge >= 0.3 is 12.1 Å². The molecule has 1 fully saturated rings. The summed E-state index contributed by atoms with van der Waals surface area (Å²) in [5, 5.41) is 9.04. The zero-order chi connectivity index (χ0) is 20.0. The summed E-state index contributed by atoms with van der Waals surface area (Å²) in [6, 6.07) is 7.33. The number of carbonyl (C=O) groups is 2. The molecule has 6 heteroatoms. The molecule has 27 heavy (non-hydrogen) atoms. The Hall–Kier alpha value is -2.08. The van der Waals surface area contributed by atoms with Gasteiger partial charge in [-0.25, -0.2) is 9.59 Å². The molecule has 1 heterocycles. The lowest BCUT2D eigenvalue weighted by Gasteiger charge is -2.42. The van der Waals surface area contributed by atoms with E-state index in [9.17, 15) is 9.59 Å². The molecule has 0 aliphatic carbocycles. The van der Waals surface area contributed by atoms with E-state index in [1.807, 2.05) is 37.8 Å². The zero-order valence-corrected chi connectivity index (χ0v) is 16.9. The van der Waals surface area contributed by atoms with Gasteiger partial charge in [0.05, 0.1) is 5.56 Å². The molecule has 0 radical (unpaired) electrons. The number of piperazine rings is 1. The largest absolute Gasteiger partial charge is 0.478 e. The van der Waals surface area contributed by atoms with Crippen molar-refractivity contribution in [3.63, 3.8) is 0 Å². The molecular weight excluding hydrogens is 344 g/mol. The monoisotopic (exact) mass is 376 g/mol. The lowest BCUT2D eigenvalue weighted by atomic mass is 10.0. The smallest absolute Gasteiger partial charge is 0.410 e. The molecule has 1 atom stereocenters. The van der Waals surface area contributed by atoms with Gasteiger partial charge in [0.2, 0.25) is 0 Å². The second-order valence-electron chi connectivity index (χ2n) is 8.19. The molecule has 1 aromatic carbocycles. The maximum absolute atomic E-state index is 12.4. The van der Waals surface area contributed by atoms with Crippen LogP contribution in [-0.2, 0) is 11.3 Å². The van der Waals surface area contributed by atoms with E-state index < -0.39 is 11.6 Å². The first-order valence-corrected chi connectivity index (χ1v) is 9.74. The number of benzene rings is 1. The van der Waals surface area contributed by atoms with Crippen LogP contribution in [-0.4, -0.2) is 58.2 Å². The van der Waals surface area contributed by atoms with Gasteiger partial charge in [0, 0.05) is 32.2 Å². The first-order chi connectivity index (χ1) is 12.7. The van der Waals surface area contributed by atoms with Gasteiger partial charge in [-0.05, 0) is 44.9 Å². The molecule has 1 saturated heterocycles. The van der Waals surface area contributed by atoms with Crippen molar-refractivity contribution in [3.05, 3.63) is 35.4 Å². The molecule has 1 aliphatic rings.